The Morgan fingerprint density at radius 2 is 1.62 bits per heavy atom. The Morgan fingerprint density at radius 1 is 1.38 bits per heavy atom. The standard InChI is InChI=1S/C2H5Cl.C2H6OS2/c1-2-3;1-4-3-5-2/h2H2,1H3;1-2H3. The minimum atomic E-state index is 0.722. The smallest absolute Gasteiger partial charge is 0.0195 e. The fourth-order valence-corrected chi connectivity index (χ4v) is 0.612. The zero-order valence-corrected chi connectivity index (χ0v) is 7.70. The fraction of sp³-hybridized carbons (Fsp3) is 1.00. The molecular formula is C4H11ClOS2. The van der Waals surface area contributed by atoms with Gasteiger partial charge in [0, 0.05) is 42.5 Å². The third-order valence-corrected chi connectivity index (χ3v) is 1.22. The van der Waals surface area contributed by atoms with Crippen molar-refractivity contribution in [1.82, 2.24) is 0 Å². The van der Waals surface area contributed by atoms with Gasteiger partial charge < -0.3 is 0 Å². The van der Waals surface area contributed by atoms with Crippen molar-refractivity contribution in [2.45, 2.75) is 6.92 Å². The summed E-state index contributed by atoms with van der Waals surface area (Å²) in [6.45, 7) is 1.89. The van der Waals surface area contributed by atoms with E-state index in [0.29, 0.717) is 0 Å². The molecule has 0 heterocycles. The molecule has 0 rings (SSSR count). The summed E-state index contributed by atoms with van der Waals surface area (Å²) in [4.78, 5) is 0. The Balaban J connectivity index is 0. The summed E-state index contributed by atoms with van der Waals surface area (Å²) in [6, 6.07) is 0. The zero-order chi connectivity index (χ0) is 6.83. The lowest BCUT2D eigenvalue weighted by Gasteiger charge is -1.82. The van der Waals surface area contributed by atoms with Gasteiger partial charge in [-0.25, -0.2) is 3.63 Å². The first-order valence-corrected chi connectivity index (χ1v) is 4.96. The summed E-state index contributed by atoms with van der Waals surface area (Å²) in [5.74, 6) is 0.722. The van der Waals surface area contributed by atoms with Crippen LogP contribution in [-0.2, 0) is 3.63 Å². The monoisotopic (exact) mass is 174 g/mol. The van der Waals surface area contributed by atoms with Crippen LogP contribution in [0.5, 0.6) is 0 Å². The molecule has 0 bridgehead atoms. The molecule has 4 heteroatoms. The van der Waals surface area contributed by atoms with Crippen molar-refractivity contribution in [3.05, 3.63) is 0 Å². The molecular weight excluding hydrogens is 164 g/mol. The maximum absolute atomic E-state index is 5.00. The lowest BCUT2D eigenvalue weighted by Crippen LogP contribution is -1.51. The molecule has 0 spiro atoms. The van der Waals surface area contributed by atoms with Crippen LogP contribution >= 0.6 is 35.7 Å². The number of rotatable bonds is 2. The first-order chi connectivity index (χ1) is 3.83. The van der Waals surface area contributed by atoms with Gasteiger partial charge in [-0.2, -0.15) is 0 Å². The minimum Gasteiger partial charge on any atom is -0.248 e. The maximum atomic E-state index is 5.00. The highest BCUT2D eigenvalue weighted by Gasteiger charge is 1.66. The van der Waals surface area contributed by atoms with Gasteiger partial charge in [0.15, 0.2) is 0 Å². The van der Waals surface area contributed by atoms with Gasteiger partial charge in [-0.3, -0.25) is 0 Å². The summed E-state index contributed by atoms with van der Waals surface area (Å²) >= 11 is 7.73. The van der Waals surface area contributed by atoms with Crippen molar-refractivity contribution in [3.63, 3.8) is 0 Å². The molecule has 0 saturated heterocycles. The van der Waals surface area contributed by atoms with E-state index in [1.807, 2.05) is 19.4 Å². The molecule has 1 nitrogen and oxygen atoms in total. The van der Waals surface area contributed by atoms with Gasteiger partial charge in [0.2, 0.25) is 0 Å². The van der Waals surface area contributed by atoms with Gasteiger partial charge in [-0.05, 0) is 0 Å². The van der Waals surface area contributed by atoms with Crippen molar-refractivity contribution in [1.29, 1.82) is 0 Å². The highest BCUT2D eigenvalue weighted by atomic mass is 35.5. The van der Waals surface area contributed by atoms with Crippen LogP contribution in [0, 0.1) is 0 Å². The van der Waals surface area contributed by atoms with Gasteiger partial charge >= 0.3 is 0 Å². The number of halogens is 1. The molecule has 0 aromatic rings. The largest absolute Gasteiger partial charge is 0.248 e. The summed E-state index contributed by atoms with van der Waals surface area (Å²) in [6.07, 6.45) is 3.77. The summed E-state index contributed by atoms with van der Waals surface area (Å²) < 4.78 is 4.67. The van der Waals surface area contributed by atoms with Crippen LogP contribution in [0.15, 0.2) is 0 Å². The Labute approximate surface area is 64.9 Å². The first kappa shape index (κ1) is 11.7. The Morgan fingerprint density at radius 3 is 1.62 bits per heavy atom. The molecule has 0 fully saturated rings. The third kappa shape index (κ3) is 28.3. The Kier molecular flexibility index (Phi) is 22.9. The molecule has 0 aliphatic heterocycles. The van der Waals surface area contributed by atoms with E-state index >= 15 is 0 Å². The molecule has 0 radical (unpaired) electrons. The zero-order valence-electron chi connectivity index (χ0n) is 5.31. The Bertz CT molecular complexity index is 28.0. The molecule has 0 saturated carbocycles. The normalized spacial score (nSPS) is 7.50. The van der Waals surface area contributed by atoms with Crippen molar-refractivity contribution in [2.75, 3.05) is 18.4 Å². The second-order valence-corrected chi connectivity index (χ2v) is 2.41. The quantitative estimate of drug-likeness (QED) is 0.471. The molecule has 0 aromatic heterocycles. The topological polar surface area (TPSA) is 9.23 Å². The van der Waals surface area contributed by atoms with E-state index < -0.39 is 0 Å². The van der Waals surface area contributed by atoms with E-state index in [9.17, 15) is 0 Å². The van der Waals surface area contributed by atoms with Gasteiger partial charge in [-0.15, -0.1) is 11.6 Å². The lowest BCUT2D eigenvalue weighted by atomic mass is 11.0. The highest BCUT2D eigenvalue weighted by molar-refractivity contribution is 8.07. The van der Waals surface area contributed by atoms with E-state index in [1.54, 1.807) is 0 Å². The molecule has 0 amide bonds. The number of alkyl halides is 1. The predicted molar refractivity (Wildman–Crippen MR) is 44.5 cm³/mol. The molecule has 0 unspecified atom stereocenters. The van der Waals surface area contributed by atoms with Crippen molar-refractivity contribution in [2.24, 2.45) is 0 Å². The van der Waals surface area contributed by atoms with Crippen LogP contribution in [0.1, 0.15) is 6.92 Å². The molecule has 0 aromatic carbocycles. The van der Waals surface area contributed by atoms with E-state index in [2.05, 4.69) is 3.63 Å². The lowest BCUT2D eigenvalue weighted by molar-refractivity contribution is 0.769. The summed E-state index contributed by atoms with van der Waals surface area (Å²) in [7, 11) is 0. The third-order valence-electron chi connectivity index (χ3n) is 0.136. The van der Waals surface area contributed by atoms with Crippen LogP contribution < -0.4 is 0 Å². The second-order valence-electron chi connectivity index (χ2n) is 0.669. The van der Waals surface area contributed by atoms with Gasteiger partial charge in [0.05, 0.1) is 0 Å². The maximum Gasteiger partial charge on any atom is 0.0195 e. The average molecular weight is 175 g/mol. The SMILES string of the molecule is CCCl.CSOSC. The Hall–Kier alpha value is 0.950. The minimum absolute atomic E-state index is 0.722. The number of hydrogen-bond acceptors (Lipinski definition) is 3. The van der Waals surface area contributed by atoms with Crippen LogP contribution in [0.2, 0.25) is 0 Å². The van der Waals surface area contributed by atoms with Gasteiger partial charge in [0.1, 0.15) is 0 Å². The first-order valence-electron chi connectivity index (χ1n) is 2.12. The van der Waals surface area contributed by atoms with Gasteiger partial charge in [-0.1, -0.05) is 6.92 Å². The van der Waals surface area contributed by atoms with Crippen molar-refractivity contribution < 1.29 is 3.63 Å². The van der Waals surface area contributed by atoms with E-state index in [1.165, 1.54) is 24.1 Å². The van der Waals surface area contributed by atoms with Crippen LogP contribution in [0.4, 0.5) is 0 Å². The van der Waals surface area contributed by atoms with Gasteiger partial charge in [0.25, 0.3) is 0 Å². The molecule has 8 heavy (non-hydrogen) atoms. The summed E-state index contributed by atoms with van der Waals surface area (Å²) in [5.41, 5.74) is 0. The summed E-state index contributed by atoms with van der Waals surface area (Å²) in [5, 5.41) is 0. The molecule has 0 aliphatic carbocycles. The van der Waals surface area contributed by atoms with Crippen molar-refractivity contribution in [3.8, 4) is 0 Å². The molecule has 0 N–H and O–H groups in total. The predicted octanol–water partition coefficient (Wildman–Crippen LogP) is 2.80. The van der Waals surface area contributed by atoms with Crippen LogP contribution in [0.25, 0.3) is 0 Å². The fourth-order valence-electron chi connectivity index (χ4n) is 0.0680. The number of hydrogen-bond donors (Lipinski definition) is 0. The molecule has 0 atom stereocenters. The van der Waals surface area contributed by atoms with Crippen LogP contribution in [-0.4, -0.2) is 18.4 Å². The highest BCUT2D eigenvalue weighted by Crippen LogP contribution is 2.04. The van der Waals surface area contributed by atoms with Crippen molar-refractivity contribution >= 4 is 35.7 Å². The molecule has 0 aliphatic rings. The second kappa shape index (κ2) is 15.7. The average Bonchev–Trinajstić information content (AvgIpc) is 1.71. The van der Waals surface area contributed by atoms with E-state index in [0.717, 1.165) is 5.88 Å². The van der Waals surface area contributed by atoms with E-state index in [-0.39, 0.29) is 0 Å². The molecule has 52 valence electrons. The van der Waals surface area contributed by atoms with E-state index in [4.69, 9.17) is 11.6 Å². The van der Waals surface area contributed by atoms with Crippen LogP contribution in [0.3, 0.4) is 0 Å².